The van der Waals surface area contributed by atoms with E-state index in [2.05, 4.69) is 36.5 Å². The monoisotopic (exact) mass is 429 g/mol. The van der Waals surface area contributed by atoms with E-state index in [0.29, 0.717) is 6.42 Å². The summed E-state index contributed by atoms with van der Waals surface area (Å²) in [6.07, 6.45) is 12.4. The molecule has 1 aliphatic carbocycles. The number of esters is 1. The Hall–Kier alpha value is -2.30. The molecule has 0 bridgehead atoms. The minimum Gasteiger partial charge on any atom is -0.467 e. The number of ether oxygens (including phenoxy) is 2. The summed E-state index contributed by atoms with van der Waals surface area (Å²) < 4.78 is 10.3. The zero-order valence-corrected chi connectivity index (χ0v) is 19.8. The Balaban J connectivity index is 1.96. The highest BCUT2D eigenvalue weighted by atomic mass is 16.6. The van der Waals surface area contributed by atoms with E-state index in [1.54, 1.807) is 26.8 Å². The van der Waals surface area contributed by atoms with E-state index >= 15 is 0 Å². The van der Waals surface area contributed by atoms with Crippen molar-refractivity contribution in [2.45, 2.75) is 96.1 Å². The van der Waals surface area contributed by atoms with E-state index < -0.39 is 23.2 Å². The fourth-order valence-corrected chi connectivity index (χ4v) is 4.00. The highest BCUT2D eigenvalue weighted by molar-refractivity contribution is 5.89. The fourth-order valence-electron chi connectivity index (χ4n) is 4.00. The molecule has 0 spiro atoms. The standard InChI is InChI=1S/C26H39NO4/c1-6-7-8-9-10-11-12-20-13-15-21(16-14-20)22-17-18-26(19-22,23(28)30-5)27-24(29)31-25(2,3)4/h13-18,22H,6-12,19H2,1-5H3,(H,27,29)/t22-,26+/m0/s1. The Morgan fingerprint density at radius 2 is 1.71 bits per heavy atom. The number of hydrogen-bond acceptors (Lipinski definition) is 4. The van der Waals surface area contributed by atoms with Gasteiger partial charge in [-0.05, 0) is 51.2 Å². The normalized spacial score (nSPS) is 20.5. The van der Waals surface area contributed by atoms with Gasteiger partial charge in [-0.25, -0.2) is 9.59 Å². The number of benzene rings is 1. The SMILES string of the molecule is CCCCCCCCc1ccc([C@H]2C=C[C@](NC(=O)OC(C)(C)C)(C(=O)OC)C2)cc1. The van der Waals surface area contributed by atoms with Gasteiger partial charge in [-0.2, -0.15) is 0 Å². The Morgan fingerprint density at radius 3 is 2.32 bits per heavy atom. The van der Waals surface area contributed by atoms with Gasteiger partial charge in [0, 0.05) is 5.92 Å². The smallest absolute Gasteiger partial charge is 0.408 e. The molecule has 1 aromatic carbocycles. The van der Waals surface area contributed by atoms with Gasteiger partial charge in [0.1, 0.15) is 5.60 Å². The van der Waals surface area contributed by atoms with E-state index in [1.165, 1.54) is 51.2 Å². The molecule has 31 heavy (non-hydrogen) atoms. The number of carbonyl (C=O) groups is 2. The molecule has 1 N–H and O–H groups in total. The zero-order valence-electron chi connectivity index (χ0n) is 19.8. The van der Waals surface area contributed by atoms with E-state index in [0.717, 1.165) is 12.0 Å². The minimum atomic E-state index is -1.21. The lowest BCUT2D eigenvalue weighted by molar-refractivity contribution is -0.146. The molecule has 0 saturated heterocycles. The van der Waals surface area contributed by atoms with Crippen molar-refractivity contribution in [2.24, 2.45) is 0 Å². The maximum absolute atomic E-state index is 12.5. The van der Waals surface area contributed by atoms with Crippen LogP contribution in [0.2, 0.25) is 0 Å². The molecule has 172 valence electrons. The number of carbonyl (C=O) groups excluding carboxylic acids is 2. The average Bonchev–Trinajstić information content (AvgIpc) is 3.14. The van der Waals surface area contributed by atoms with Gasteiger partial charge in [0.2, 0.25) is 0 Å². The van der Waals surface area contributed by atoms with Crippen LogP contribution in [0, 0.1) is 0 Å². The van der Waals surface area contributed by atoms with E-state index in [9.17, 15) is 9.59 Å². The first-order valence-corrected chi connectivity index (χ1v) is 11.6. The third-order valence-electron chi connectivity index (χ3n) is 5.66. The lowest BCUT2D eigenvalue weighted by atomic mass is 9.90. The number of amides is 1. The molecule has 0 heterocycles. The summed E-state index contributed by atoms with van der Waals surface area (Å²) in [5.41, 5.74) is 0.612. The molecule has 0 fully saturated rings. The first-order valence-electron chi connectivity index (χ1n) is 11.6. The highest BCUT2D eigenvalue weighted by Gasteiger charge is 2.45. The number of alkyl carbamates (subject to hydrolysis) is 1. The van der Waals surface area contributed by atoms with Crippen molar-refractivity contribution in [3.8, 4) is 0 Å². The molecule has 2 atom stereocenters. The van der Waals surface area contributed by atoms with Gasteiger partial charge in [-0.3, -0.25) is 0 Å². The molecule has 0 radical (unpaired) electrons. The van der Waals surface area contributed by atoms with Crippen molar-refractivity contribution in [3.05, 3.63) is 47.5 Å². The van der Waals surface area contributed by atoms with Crippen molar-refractivity contribution < 1.29 is 19.1 Å². The van der Waals surface area contributed by atoms with Gasteiger partial charge in [-0.15, -0.1) is 0 Å². The number of unbranched alkanes of at least 4 members (excludes halogenated alkanes) is 5. The number of allylic oxidation sites excluding steroid dienone is 1. The molecule has 1 aromatic rings. The van der Waals surface area contributed by atoms with Crippen LogP contribution in [0.25, 0.3) is 0 Å². The van der Waals surface area contributed by atoms with Gasteiger partial charge in [0.15, 0.2) is 5.54 Å². The number of nitrogens with one attached hydrogen (secondary N) is 1. The van der Waals surface area contributed by atoms with Crippen LogP contribution in [0.1, 0.15) is 89.7 Å². The minimum absolute atomic E-state index is 0.0251. The average molecular weight is 430 g/mol. The fraction of sp³-hybridized carbons (Fsp3) is 0.615. The van der Waals surface area contributed by atoms with E-state index in [4.69, 9.17) is 9.47 Å². The first kappa shape index (κ1) is 25.0. The summed E-state index contributed by atoms with van der Waals surface area (Å²) in [7, 11) is 1.33. The van der Waals surface area contributed by atoms with Crippen LogP contribution in [-0.2, 0) is 20.7 Å². The van der Waals surface area contributed by atoms with Crippen LogP contribution in [0.5, 0.6) is 0 Å². The first-order chi connectivity index (χ1) is 14.7. The van der Waals surface area contributed by atoms with Crippen LogP contribution in [0.3, 0.4) is 0 Å². The summed E-state index contributed by atoms with van der Waals surface area (Å²) in [5, 5.41) is 2.74. The predicted molar refractivity (Wildman–Crippen MR) is 124 cm³/mol. The molecule has 5 heteroatoms. The Labute approximate surface area is 187 Å². The third-order valence-corrected chi connectivity index (χ3v) is 5.66. The van der Waals surface area contributed by atoms with Crippen molar-refractivity contribution >= 4 is 12.1 Å². The maximum Gasteiger partial charge on any atom is 0.408 e. The largest absolute Gasteiger partial charge is 0.467 e. The number of hydrogen-bond donors (Lipinski definition) is 1. The van der Waals surface area contributed by atoms with E-state index in [1.807, 2.05) is 6.08 Å². The van der Waals surface area contributed by atoms with Crippen molar-refractivity contribution in [2.75, 3.05) is 7.11 Å². The van der Waals surface area contributed by atoms with Crippen LogP contribution < -0.4 is 5.32 Å². The quantitative estimate of drug-likeness (QED) is 0.278. The molecule has 2 rings (SSSR count). The van der Waals surface area contributed by atoms with Crippen LogP contribution >= 0.6 is 0 Å². The third kappa shape index (κ3) is 7.71. The van der Waals surface area contributed by atoms with Crippen molar-refractivity contribution in [1.29, 1.82) is 0 Å². The number of aryl methyl sites for hydroxylation is 1. The number of rotatable bonds is 10. The molecule has 0 aliphatic heterocycles. The molecule has 5 nitrogen and oxygen atoms in total. The summed E-state index contributed by atoms with van der Waals surface area (Å²) in [4.78, 5) is 24.9. The molecule has 1 amide bonds. The second-order valence-electron chi connectivity index (χ2n) is 9.52. The zero-order chi connectivity index (χ0) is 22.9. The van der Waals surface area contributed by atoms with E-state index in [-0.39, 0.29) is 5.92 Å². The molecule has 1 aliphatic rings. The maximum atomic E-state index is 12.5. The Morgan fingerprint density at radius 1 is 1.06 bits per heavy atom. The van der Waals surface area contributed by atoms with Gasteiger partial charge in [0.05, 0.1) is 7.11 Å². The second kappa shape index (κ2) is 11.4. The molecule has 0 unspecified atom stereocenters. The van der Waals surface area contributed by atoms with Gasteiger partial charge in [-0.1, -0.05) is 75.4 Å². The molecular weight excluding hydrogens is 390 g/mol. The molecule has 0 saturated carbocycles. The van der Waals surface area contributed by atoms with Crippen molar-refractivity contribution in [1.82, 2.24) is 5.32 Å². The van der Waals surface area contributed by atoms with Crippen LogP contribution in [0.4, 0.5) is 4.79 Å². The van der Waals surface area contributed by atoms with Crippen LogP contribution in [0.15, 0.2) is 36.4 Å². The lowest BCUT2D eigenvalue weighted by Crippen LogP contribution is -2.54. The van der Waals surface area contributed by atoms with Crippen molar-refractivity contribution in [3.63, 3.8) is 0 Å². The summed E-state index contributed by atoms with van der Waals surface area (Å²) in [6, 6.07) is 8.60. The van der Waals surface area contributed by atoms with Gasteiger partial charge in [0.25, 0.3) is 0 Å². The summed E-state index contributed by atoms with van der Waals surface area (Å²) >= 11 is 0. The molecular formula is C26H39NO4. The topological polar surface area (TPSA) is 64.6 Å². The predicted octanol–water partition coefficient (Wildman–Crippen LogP) is 6.07. The lowest BCUT2D eigenvalue weighted by Gasteiger charge is -2.29. The van der Waals surface area contributed by atoms with Gasteiger partial charge >= 0.3 is 12.1 Å². The second-order valence-corrected chi connectivity index (χ2v) is 9.52. The Kier molecular flexibility index (Phi) is 9.15. The highest BCUT2D eigenvalue weighted by Crippen LogP contribution is 2.36. The Bertz CT molecular complexity index is 748. The molecule has 0 aromatic heterocycles. The number of methoxy groups -OCH3 is 1. The summed E-state index contributed by atoms with van der Waals surface area (Å²) in [5.74, 6) is -0.464. The summed E-state index contributed by atoms with van der Waals surface area (Å²) in [6.45, 7) is 7.61. The van der Waals surface area contributed by atoms with Crippen LogP contribution in [-0.4, -0.2) is 30.3 Å². The van der Waals surface area contributed by atoms with Gasteiger partial charge < -0.3 is 14.8 Å².